The summed E-state index contributed by atoms with van der Waals surface area (Å²) in [4.78, 5) is 21.1. The van der Waals surface area contributed by atoms with Crippen LogP contribution in [0.3, 0.4) is 0 Å². The summed E-state index contributed by atoms with van der Waals surface area (Å²) in [5, 5.41) is 18.4. The van der Waals surface area contributed by atoms with Crippen LogP contribution in [0.5, 0.6) is 0 Å². The van der Waals surface area contributed by atoms with Crippen molar-refractivity contribution in [3.05, 3.63) is 0 Å². The summed E-state index contributed by atoms with van der Waals surface area (Å²) in [6.45, 7) is -0.121. The summed E-state index contributed by atoms with van der Waals surface area (Å²) in [5.41, 5.74) is 0. The van der Waals surface area contributed by atoms with Crippen LogP contribution in [0.2, 0.25) is 0 Å². The predicted octanol–water partition coefficient (Wildman–Crippen LogP) is 0.492. The van der Waals surface area contributed by atoms with Crippen LogP contribution < -0.4 is 5.32 Å². The summed E-state index contributed by atoms with van der Waals surface area (Å²) in [6, 6.07) is -1.61. The van der Waals surface area contributed by atoms with Crippen LogP contribution in [-0.2, 0) is 9.59 Å². The zero-order chi connectivity index (χ0) is 13.5. The van der Waals surface area contributed by atoms with E-state index in [0.29, 0.717) is 5.75 Å². The largest absolute Gasteiger partial charge is 0.480 e. The van der Waals surface area contributed by atoms with Gasteiger partial charge in [-0.2, -0.15) is 13.2 Å². The van der Waals surface area contributed by atoms with Gasteiger partial charge in [0, 0.05) is 11.5 Å². The molecule has 0 heterocycles. The molecule has 1 amide bonds. The number of aliphatic carboxylic acids is 1. The molecule has 0 radical (unpaired) electrons. The van der Waals surface area contributed by atoms with E-state index < -0.39 is 24.1 Å². The first-order valence-corrected chi connectivity index (χ1v) is 6.73. The van der Waals surface area contributed by atoms with Crippen LogP contribution in [0, 0.1) is 0 Å². The summed E-state index contributed by atoms with van der Waals surface area (Å²) in [5.74, 6) is -3.72. The number of carboxylic acid groups (broad SMARTS) is 1. The molecule has 0 aromatic rings. The third kappa shape index (κ3) is 7.34. The fourth-order valence-corrected chi connectivity index (χ4v) is 2.55. The highest BCUT2D eigenvalue weighted by Crippen LogP contribution is 2.22. The van der Waals surface area contributed by atoms with Gasteiger partial charge in [-0.25, -0.2) is 4.79 Å². The van der Waals surface area contributed by atoms with Crippen LogP contribution in [0.25, 0.3) is 0 Å². The Morgan fingerprint density at radius 1 is 1.29 bits per heavy atom. The summed E-state index contributed by atoms with van der Waals surface area (Å²) < 4.78 is 35.6. The number of carbonyl (C=O) groups excluding carboxylic acids is 1. The molecule has 0 spiro atoms. The highest BCUT2D eigenvalue weighted by molar-refractivity contribution is 8.76. The van der Waals surface area contributed by atoms with E-state index >= 15 is 0 Å². The lowest BCUT2D eigenvalue weighted by Gasteiger charge is -2.14. The van der Waals surface area contributed by atoms with Crippen molar-refractivity contribution in [2.24, 2.45) is 0 Å². The number of nitrogens with one attached hydrogen (secondary N) is 1. The Bertz CT molecular complexity index is 274. The fraction of sp³-hybridized carbons (Fsp3) is 0.714. The summed E-state index contributed by atoms with van der Waals surface area (Å²) in [6.07, 6.45) is -5.10. The number of amides is 1. The van der Waals surface area contributed by atoms with E-state index in [4.69, 9.17) is 10.2 Å². The third-order valence-corrected chi connectivity index (χ3v) is 3.75. The second-order valence-electron chi connectivity index (χ2n) is 2.69. The van der Waals surface area contributed by atoms with Crippen LogP contribution in [0.4, 0.5) is 13.2 Å². The molecule has 0 unspecified atom stereocenters. The smallest absolute Gasteiger partial charge is 0.471 e. The van der Waals surface area contributed by atoms with E-state index in [0.717, 1.165) is 21.6 Å². The Hall–Kier alpha value is -0.610. The Kier molecular flexibility index (Phi) is 7.39. The number of aliphatic hydroxyl groups excluding tert-OH is 1. The van der Waals surface area contributed by atoms with Crippen LogP contribution >= 0.6 is 21.6 Å². The fourth-order valence-electron chi connectivity index (χ4n) is 0.627. The molecule has 1 atom stereocenters. The molecule has 0 aliphatic carbocycles. The molecule has 0 aromatic heterocycles. The maximum absolute atomic E-state index is 11.9. The van der Waals surface area contributed by atoms with Gasteiger partial charge in [0.2, 0.25) is 0 Å². The molecule has 0 rings (SSSR count). The molecule has 0 fully saturated rings. The number of alkyl halides is 3. The molecule has 10 heteroatoms. The minimum Gasteiger partial charge on any atom is -0.480 e. The third-order valence-electron chi connectivity index (χ3n) is 1.35. The molecule has 100 valence electrons. The van der Waals surface area contributed by atoms with Gasteiger partial charge < -0.3 is 15.5 Å². The number of carboxylic acids is 1. The number of hydrogen-bond acceptors (Lipinski definition) is 5. The molecule has 5 nitrogen and oxygen atoms in total. The number of rotatable bonds is 7. The first-order valence-electron chi connectivity index (χ1n) is 4.24. The van der Waals surface area contributed by atoms with Gasteiger partial charge in [-0.3, -0.25) is 4.79 Å². The van der Waals surface area contributed by atoms with Crippen molar-refractivity contribution in [2.45, 2.75) is 12.2 Å². The summed E-state index contributed by atoms with van der Waals surface area (Å²) >= 11 is 0. The summed E-state index contributed by atoms with van der Waals surface area (Å²) in [7, 11) is 2.06. The standard InChI is InChI=1S/C7H10F3NO4S2/c8-7(9,10)6(15)11-4(5(13)14)3-17-16-2-1-12/h4,12H,1-3H2,(H,11,15)(H,13,14)/t4-/m0/s1. The molecule has 0 saturated heterocycles. The van der Waals surface area contributed by atoms with Gasteiger partial charge in [0.1, 0.15) is 6.04 Å². The van der Waals surface area contributed by atoms with E-state index in [1.807, 2.05) is 0 Å². The zero-order valence-corrected chi connectivity index (χ0v) is 9.99. The quantitative estimate of drug-likeness (QED) is 0.468. The van der Waals surface area contributed by atoms with Gasteiger partial charge in [-0.05, 0) is 0 Å². The maximum Gasteiger partial charge on any atom is 0.471 e. The Labute approximate surface area is 103 Å². The molecule has 0 aliphatic rings. The van der Waals surface area contributed by atoms with Gasteiger partial charge in [0.05, 0.1) is 6.61 Å². The number of carbonyl (C=O) groups is 2. The minimum absolute atomic E-state index is 0.121. The minimum atomic E-state index is -5.10. The van der Waals surface area contributed by atoms with Crippen LogP contribution in [0.1, 0.15) is 0 Å². The molecule has 3 N–H and O–H groups in total. The van der Waals surface area contributed by atoms with E-state index in [-0.39, 0.29) is 12.4 Å². The van der Waals surface area contributed by atoms with Crippen molar-refractivity contribution >= 4 is 33.5 Å². The number of aliphatic hydroxyl groups is 1. The molecule has 17 heavy (non-hydrogen) atoms. The lowest BCUT2D eigenvalue weighted by molar-refractivity contribution is -0.175. The van der Waals surface area contributed by atoms with Crippen molar-refractivity contribution in [1.82, 2.24) is 5.32 Å². The first kappa shape index (κ1) is 16.4. The van der Waals surface area contributed by atoms with Crippen molar-refractivity contribution in [2.75, 3.05) is 18.1 Å². The van der Waals surface area contributed by atoms with Crippen LogP contribution in [-0.4, -0.2) is 52.4 Å². The van der Waals surface area contributed by atoms with E-state index in [1.165, 1.54) is 5.32 Å². The van der Waals surface area contributed by atoms with Crippen molar-refractivity contribution < 1.29 is 33.0 Å². The molecular formula is C7H10F3NO4S2. The SMILES string of the molecule is O=C(O)[C@H](CSSCCO)NC(=O)C(F)(F)F. The average Bonchev–Trinajstić information content (AvgIpc) is 2.20. The van der Waals surface area contributed by atoms with Gasteiger partial charge in [-0.1, -0.05) is 21.6 Å². The Morgan fingerprint density at radius 2 is 1.88 bits per heavy atom. The lowest BCUT2D eigenvalue weighted by Crippen LogP contribution is -2.48. The van der Waals surface area contributed by atoms with E-state index in [2.05, 4.69) is 0 Å². The highest BCUT2D eigenvalue weighted by Gasteiger charge is 2.40. The normalized spacial score (nSPS) is 13.2. The molecule has 0 aromatic carbocycles. The van der Waals surface area contributed by atoms with Gasteiger partial charge >= 0.3 is 18.1 Å². The second kappa shape index (κ2) is 7.67. The van der Waals surface area contributed by atoms with E-state index in [1.54, 1.807) is 0 Å². The topological polar surface area (TPSA) is 86.6 Å². The van der Waals surface area contributed by atoms with Crippen LogP contribution in [0.15, 0.2) is 0 Å². The maximum atomic E-state index is 11.9. The van der Waals surface area contributed by atoms with Crippen molar-refractivity contribution in [3.8, 4) is 0 Å². The monoisotopic (exact) mass is 293 g/mol. The molecule has 0 bridgehead atoms. The van der Waals surface area contributed by atoms with Gasteiger partial charge in [0.25, 0.3) is 0 Å². The van der Waals surface area contributed by atoms with Crippen molar-refractivity contribution in [1.29, 1.82) is 0 Å². The molecule has 0 aliphatic heterocycles. The van der Waals surface area contributed by atoms with Gasteiger partial charge in [-0.15, -0.1) is 0 Å². The highest BCUT2D eigenvalue weighted by atomic mass is 33.1. The van der Waals surface area contributed by atoms with Gasteiger partial charge in [0.15, 0.2) is 0 Å². The lowest BCUT2D eigenvalue weighted by atomic mass is 10.3. The number of halogens is 3. The van der Waals surface area contributed by atoms with E-state index in [9.17, 15) is 22.8 Å². The molecule has 0 saturated carbocycles. The second-order valence-corrected chi connectivity index (χ2v) is 5.32. The zero-order valence-electron chi connectivity index (χ0n) is 8.36. The predicted molar refractivity (Wildman–Crippen MR) is 57.6 cm³/mol. The van der Waals surface area contributed by atoms with Crippen molar-refractivity contribution in [3.63, 3.8) is 0 Å². The Balaban J connectivity index is 4.17. The molecular weight excluding hydrogens is 283 g/mol. The average molecular weight is 293 g/mol. The first-order chi connectivity index (χ1) is 7.79. The number of hydrogen-bond donors (Lipinski definition) is 3. The Morgan fingerprint density at radius 3 is 2.29 bits per heavy atom.